The first-order chi connectivity index (χ1) is 9.06. The monoisotopic (exact) mass is 287 g/mol. The quantitative estimate of drug-likeness (QED) is 0.435. The molecule has 19 heavy (non-hydrogen) atoms. The highest BCUT2D eigenvalue weighted by atomic mass is 35.5. The van der Waals surface area contributed by atoms with E-state index >= 15 is 0 Å². The lowest BCUT2D eigenvalue weighted by Gasteiger charge is -2.10. The number of benzene rings is 1. The van der Waals surface area contributed by atoms with Crippen LogP contribution >= 0.6 is 11.6 Å². The molecule has 0 spiro atoms. The van der Waals surface area contributed by atoms with Crippen LogP contribution in [0.25, 0.3) is 0 Å². The number of hydrogen-bond acceptors (Lipinski definition) is 5. The minimum absolute atomic E-state index is 0.0667. The maximum Gasteiger partial charge on any atom is 0.288 e. The van der Waals surface area contributed by atoms with Gasteiger partial charge in [-0.2, -0.15) is 0 Å². The number of nitro groups is 1. The summed E-state index contributed by atoms with van der Waals surface area (Å²) in [5, 5.41) is 17.2. The molecule has 0 aromatic heterocycles. The number of hydrogen-bond donors (Lipinski definition) is 2. The third-order valence-electron chi connectivity index (χ3n) is 2.59. The standard InChI is InChI=1S/C12H18ClN3O3/c1-9-7-12(16(17)18)10(13)8-11(9)15-4-3-14-5-6-19-2/h7-8,14-15H,3-6H2,1-2H3. The number of rotatable bonds is 8. The van der Waals surface area contributed by atoms with E-state index in [9.17, 15) is 10.1 Å². The Hall–Kier alpha value is -1.37. The van der Waals surface area contributed by atoms with Gasteiger partial charge >= 0.3 is 0 Å². The minimum atomic E-state index is -0.481. The van der Waals surface area contributed by atoms with E-state index in [-0.39, 0.29) is 10.7 Å². The molecule has 0 atom stereocenters. The van der Waals surface area contributed by atoms with Gasteiger partial charge in [-0.3, -0.25) is 10.1 Å². The van der Waals surface area contributed by atoms with Crippen molar-refractivity contribution in [1.29, 1.82) is 0 Å². The van der Waals surface area contributed by atoms with Gasteiger partial charge in [0.05, 0.1) is 11.5 Å². The van der Waals surface area contributed by atoms with Crippen molar-refractivity contribution in [3.63, 3.8) is 0 Å². The zero-order chi connectivity index (χ0) is 14.3. The molecule has 2 N–H and O–H groups in total. The van der Waals surface area contributed by atoms with Gasteiger partial charge in [-0.05, 0) is 18.6 Å². The molecule has 0 bridgehead atoms. The lowest BCUT2D eigenvalue weighted by molar-refractivity contribution is -0.384. The highest BCUT2D eigenvalue weighted by Gasteiger charge is 2.14. The largest absolute Gasteiger partial charge is 0.384 e. The van der Waals surface area contributed by atoms with E-state index < -0.39 is 4.92 Å². The summed E-state index contributed by atoms with van der Waals surface area (Å²) < 4.78 is 4.91. The number of aryl methyl sites for hydroxylation is 1. The summed E-state index contributed by atoms with van der Waals surface area (Å²) in [6, 6.07) is 3.06. The Bertz CT molecular complexity index is 440. The van der Waals surface area contributed by atoms with Gasteiger partial charge in [-0.1, -0.05) is 11.6 Å². The maximum atomic E-state index is 10.7. The van der Waals surface area contributed by atoms with Crippen LogP contribution in [0.2, 0.25) is 5.02 Å². The number of methoxy groups -OCH3 is 1. The molecule has 0 aliphatic carbocycles. The average molecular weight is 288 g/mol. The number of nitrogens with zero attached hydrogens (tertiary/aromatic N) is 1. The summed E-state index contributed by atoms with van der Waals surface area (Å²) >= 11 is 5.86. The molecular formula is C12H18ClN3O3. The summed E-state index contributed by atoms with van der Waals surface area (Å²) in [4.78, 5) is 10.2. The van der Waals surface area contributed by atoms with Crippen molar-refractivity contribution in [1.82, 2.24) is 5.32 Å². The fourth-order valence-corrected chi connectivity index (χ4v) is 1.81. The van der Waals surface area contributed by atoms with E-state index in [2.05, 4.69) is 10.6 Å². The van der Waals surface area contributed by atoms with Crippen molar-refractivity contribution in [3.05, 3.63) is 32.8 Å². The summed E-state index contributed by atoms with van der Waals surface area (Å²) in [5.74, 6) is 0. The van der Waals surface area contributed by atoms with Gasteiger partial charge in [0.1, 0.15) is 5.02 Å². The van der Waals surface area contributed by atoms with Crippen molar-refractivity contribution in [2.24, 2.45) is 0 Å². The molecule has 1 rings (SSSR count). The van der Waals surface area contributed by atoms with Crippen molar-refractivity contribution in [3.8, 4) is 0 Å². The first-order valence-corrected chi connectivity index (χ1v) is 6.32. The van der Waals surface area contributed by atoms with Gasteiger partial charge in [0.15, 0.2) is 0 Å². The molecule has 7 heteroatoms. The van der Waals surface area contributed by atoms with Gasteiger partial charge in [0, 0.05) is 38.5 Å². The van der Waals surface area contributed by atoms with Crippen molar-refractivity contribution >= 4 is 23.0 Å². The molecule has 0 saturated carbocycles. The predicted octanol–water partition coefficient (Wildman–Crippen LogP) is 2.20. The lowest BCUT2D eigenvalue weighted by Crippen LogP contribution is -2.25. The Labute approximate surface area is 117 Å². The normalized spacial score (nSPS) is 10.5. The predicted molar refractivity (Wildman–Crippen MR) is 76.1 cm³/mol. The first kappa shape index (κ1) is 15.7. The molecule has 0 unspecified atom stereocenters. The van der Waals surface area contributed by atoms with Crippen LogP contribution in [0.3, 0.4) is 0 Å². The Morgan fingerprint density at radius 2 is 2.11 bits per heavy atom. The molecule has 0 amide bonds. The highest BCUT2D eigenvalue weighted by Crippen LogP contribution is 2.30. The van der Waals surface area contributed by atoms with Crippen molar-refractivity contribution < 1.29 is 9.66 Å². The number of halogens is 1. The molecule has 1 aromatic carbocycles. The third kappa shape index (κ3) is 5.02. The smallest absolute Gasteiger partial charge is 0.288 e. The Balaban J connectivity index is 2.50. The van der Waals surface area contributed by atoms with Crippen molar-refractivity contribution in [2.45, 2.75) is 6.92 Å². The Morgan fingerprint density at radius 1 is 1.37 bits per heavy atom. The number of anilines is 1. The van der Waals surface area contributed by atoms with Crippen LogP contribution in [0.4, 0.5) is 11.4 Å². The van der Waals surface area contributed by atoms with Gasteiger partial charge in [-0.15, -0.1) is 0 Å². The molecule has 6 nitrogen and oxygen atoms in total. The summed E-state index contributed by atoms with van der Waals surface area (Å²) in [7, 11) is 1.65. The van der Waals surface area contributed by atoms with E-state index in [0.717, 1.165) is 24.3 Å². The molecule has 0 radical (unpaired) electrons. The zero-order valence-electron chi connectivity index (χ0n) is 11.0. The average Bonchev–Trinajstić information content (AvgIpc) is 2.36. The second-order valence-electron chi connectivity index (χ2n) is 4.05. The SMILES string of the molecule is COCCNCCNc1cc(Cl)c([N+](=O)[O-])cc1C. The molecule has 0 saturated heterocycles. The van der Waals surface area contributed by atoms with Gasteiger partial charge < -0.3 is 15.4 Å². The van der Waals surface area contributed by atoms with Crippen LogP contribution in [0, 0.1) is 17.0 Å². The van der Waals surface area contributed by atoms with E-state index in [1.54, 1.807) is 13.2 Å². The number of nitrogens with one attached hydrogen (secondary N) is 2. The highest BCUT2D eigenvalue weighted by molar-refractivity contribution is 6.33. The molecule has 106 valence electrons. The van der Waals surface area contributed by atoms with Crippen molar-refractivity contribution in [2.75, 3.05) is 38.7 Å². The molecule has 0 heterocycles. The number of nitro benzene ring substituents is 1. The fourth-order valence-electron chi connectivity index (χ4n) is 1.58. The van der Waals surface area contributed by atoms with E-state index in [0.29, 0.717) is 13.2 Å². The molecular weight excluding hydrogens is 270 g/mol. The lowest BCUT2D eigenvalue weighted by atomic mass is 10.2. The second kappa shape index (κ2) is 7.93. The fraction of sp³-hybridized carbons (Fsp3) is 0.500. The molecule has 0 fully saturated rings. The Kier molecular flexibility index (Phi) is 6.55. The van der Waals surface area contributed by atoms with Crippen LogP contribution in [-0.4, -0.2) is 38.3 Å². The van der Waals surface area contributed by atoms with Crippen LogP contribution in [0.15, 0.2) is 12.1 Å². The van der Waals surface area contributed by atoms with E-state index in [4.69, 9.17) is 16.3 Å². The molecule has 1 aromatic rings. The number of ether oxygens (including phenoxy) is 1. The maximum absolute atomic E-state index is 10.7. The van der Waals surface area contributed by atoms with Crippen LogP contribution < -0.4 is 10.6 Å². The van der Waals surface area contributed by atoms with E-state index in [1.807, 2.05) is 6.92 Å². The minimum Gasteiger partial charge on any atom is -0.384 e. The summed E-state index contributed by atoms with van der Waals surface area (Å²) in [6.07, 6.45) is 0. The molecule has 0 aliphatic rings. The Morgan fingerprint density at radius 3 is 2.74 bits per heavy atom. The van der Waals surface area contributed by atoms with Gasteiger partial charge in [0.2, 0.25) is 0 Å². The summed E-state index contributed by atoms with van der Waals surface area (Å²) in [6.45, 7) is 4.75. The zero-order valence-corrected chi connectivity index (χ0v) is 11.8. The first-order valence-electron chi connectivity index (χ1n) is 5.94. The van der Waals surface area contributed by atoms with Crippen LogP contribution in [0.1, 0.15) is 5.56 Å². The topological polar surface area (TPSA) is 76.4 Å². The van der Waals surface area contributed by atoms with Gasteiger partial charge in [-0.25, -0.2) is 0 Å². The summed E-state index contributed by atoms with van der Waals surface area (Å²) in [5.41, 5.74) is 1.54. The van der Waals surface area contributed by atoms with Crippen LogP contribution in [-0.2, 0) is 4.74 Å². The van der Waals surface area contributed by atoms with Gasteiger partial charge in [0.25, 0.3) is 5.69 Å². The second-order valence-corrected chi connectivity index (χ2v) is 4.45. The van der Waals surface area contributed by atoms with Crippen LogP contribution in [0.5, 0.6) is 0 Å². The third-order valence-corrected chi connectivity index (χ3v) is 2.89. The molecule has 0 aliphatic heterocycles. The van der Waals surface area contributed by atoms with E-state index in [1.165, 1.54) is 6.07 Å².